The average molecular weight is 456 g/mol. The molecule has 1 aromatic carbocycles. The van der Waals surface area contributed by atoms with Gasteiger partial charge in [0.2, 0.25) is 11.3 Å². The first-order valence-corrected chi connectivity index (χ1v) is 11.4. The summed E-state index contributed by atoms with van der Waals surface area (Å²) < 4.78 is 23.0. The maximum atomic E-state index is 15.4. The minimum Gasteiger partial charge on any atom is -0.492 e. The van der Waals surface area contributed by atoms with Crippen molar-refractivity contribution in [2.75, 3.05) is 25.1 Å². The zero-order chi connectivity index (χ0) is 22.7. The Morgan fingerprint density at radius 1 is 1.28 bits per heavy atom. The Morgan fingerprint density at radius 2 is 1.97 bits per heavy atom. The first kappa shape index (κ1) is 20.8. The second-order valence-electron chi connectivity index (χ2n) is 8.40. The molecule has 1 saturated heterocycles. The molecule has 1 aromatic heterocycles. The summed E-state index contributed by atoms with van der Waals surface area (Å²) in [5, 5.41) is 8.93. The van der Waals surface area contributed by atoms with Crippen LogP contribution < -0.4 is 20.8 Å². The van der Waals surface area contributed by atoms with Crippen molar-refractivity contribution in [2.45, 2.75) is 42.0 Å². The standard InChI is InChI=1S/C22H21FN4O4S/c1-31-20-16-12(8-13(23)17(20)26-6-4-10(5-7-26)21(25)30)18(28)15-19(29)14(9-24)32-22(15)27(16)11-2-3-11/h8,10-11,14H,2-7H2,1H3,(H2,25,30). The number of pyridine rings is 1. The Morgan fingerprint density at radius 3 is 2.53 bits per heavy atom. The van der Waals surface area contributed by atoms with Crippen LogP contribution >= 0.6 is 11.8 Å². The highest BCUT2D eigenvalue weighted by Crippen LogP contribution is 2.49. The number of nitrogens with zero attached hydrogens (tertiary/aromatic N) is 3. The van der Waals surface area contributed by atoms with Crippen LogP contribution in [0.5, 0.6) is 5.75 Å². The van der Waals surface area contributed by atoms with Gasteiger partial charge in [-0.2, -0.15) is 5.26 Å². The van der Waals surface area contributed by atoms with E-state index < -0.39 is 22.3 Å². The molecule has 1 atom stereocenters. The number of anilines is 1. The van der Waals surface area contributed by atoms with E-state index in [0.29, 0.717) is 36.5 Å². The number of rotatable bonds is 4. The second kappa shape index (κ2) is 7.52. The van der Waals surface area contributed by atoms with Crippen molar-refractivity contribution in [3.63, 3.8) is 0 Å². The first-order chi connectivity index (χ1) is 15.4. The Kier molecular flexibility index (Phi) is 4.89. The third-order valence-electron chi connectivity index (χ3n) is 6.49. The number of hydrogen-bond acceptors (Lipinski definition) is 7. The van der Waals surface area contributed by atoms with Gasteiger partial charge in [0.15, 0.2) is 22.6 Å². The summed E-state index contributed by atoms with van der Waals surface area (Å²) in [6, 6.07) is 3.18. The molecule has 2 N–H and O–H groups in total. The summed E-state index contributed by atoms with van der Waals surface area (Å²) in [5.41, 5.74) is 5.51. The molecule has 2 aliphatic heterocycles. The number of aromatic nitrogens is 1. The smallest absolute Gasteiger partial charge is 0.220 e. The summed E-state index contributed by atoms with van der Waals surface area (Å²) in [6.45, 7) is 0.851. The fourth-order valence-electron chi connectivity index (χ4n) is 4.74. The molecule has 1 aliphatic carbocycles. The van der Waals surface area contributed by atoms with Crippen LogP contribution in [0.25, 0.3) is 10.9 Å². The molecule has 3 heterocycles. The van der Waals surface area contributed by atoms with Gasteiger partial charge in [0.25, 0.3) is 0 Å². The van der Waals surface area contributed by atoms with Gasteiger partial charge in [0, 0.05) is 25.0 Å². The number of fused-ring (bicyclic) bond motifs is 2. The van der Waals surface area contributed by atoms with Crippen LogP contribution in [-0.4, -0.2) is 41.7 Å². The molecule has 1 amide bonds. The van der Waals surface area contributed by atoms with Crippen LogP contribution in [0.3, 0.4) is 0 Å². The van der Waals surface area contributed by atoms with Crippen LogP contribution in [0.1, 0.15) is 42.1 Å². The van der Waals surface area contributed by atoms with Crippen LogP contribution in [0.2, 0.25) is 0 Å². The van der Waals surface area contributed by atoms with E-state index in [2.05, 4.69) is 0 Å². The third kappa shape index (κ3) is 2.98. The molecule has 2 fully saturated rings. The molecule has 3 aliphatic rings. The molecule has 10 heteroatoms. The number of methoxy groups -OCH3 is 1. The number of thioether (sulfide) groups is 1. The van der Waals surface area contributed by atoms with E-state index in [1.165, 1.54) is 13.2 Å². The fraction of sp³-hybridized carbons (Fsp3) is 0.455. The molecule has 1 unspecified atom stereocenters. The van der Waals surface area contributed by atoms with Gasteiger partial charge in [0.05, 0.1) is 34.7 Å². The van der Waals surface area contributed by atoms with Gasteiger partial charge in [-0.25, -0.2) is 4.39 Å². The predicted octanol–water partition coefficient (Wildman–Crippen LogP) is 2.37. The van der Waals surface area contributed by atoms with Crippen LogP contribution in [0, 0.1) is 23.1 Å². The molecule has 8 nitrogen and oxygen atoms in total. The van der Waals surface area contributed by atoms with Gasteiger partial charge in [-0.15, -0.1) is 0 Å². The monoisotopic (exact) mass is 456 g/mol. The highest BCUT2D eigenvalue weighted by Gasteiger charge is 2.41. The van der Waals surface area contributed by atoms with Crippen LogP contribution in [-0.2, 0) is 4.79 Å². The highest BCUT2D eigenvalue weighted by molar-refractivity contribution is 8.01. The topological polar surface area (TPSA) is 118 Å². The lowest BCUT2D eigenvalue weighted by atomic mass is 9.95. The first-order valence-electron chi connectivity index (χ1n) is 10.5. The zero-order valence-electron chi connectivity index (χ0n) is 17.4. The number of ketones is 1. The summed E-state index contributed by atoms with van der Waals surface area (Å²) in [6.07, 6.45) is 2.72. The summed E-state index contributed by atoms with van der Waals surface area (Å²) in [7, 11) is 1.43. The highest BCUT2D eigenvalue weighted by atomic mass is 32.2. The van der Waals surface area contributed by atoms with Gasteiger partial charge in [-0.1, -0.05) is 11.8 Å². The number of carbonyl (C=O) groups is 2. The van der Waals surface area contributed by atoms with Crippen molar-refractivity contribution >= 4 is 40.0 Å². The van der Waals surface area contributed by atoms with Crippen molar-refractivity contribution in [2.24, 2.45) is 11.7 Å². The Balaban J connectivity index is 1.75. The number of hydrogen-bond donors (Lipinski definition) is 1. The van der Waals surface area contributed by atoms with Crippen molar-refractivity contribution in [1.82, 2.24) is 4.57 Å². The van der Waals surface area contributed by atoms with E-state index in [1.807, 2.05) is 15.5 Å². The lowest BCUT2D eigenvalue weighted by Gasteiger charge is -2.34. The number of nitrogens with two attached hydrogens (primary N) is 1. The van der Waals surface area contributed by atoms with Gasteiger partial charge in [0.1, 0.15) is 5.69 Å². The van der Waals surface area contributed by atoms with Gasteiger partial charge < -0.3 is 19.9 Å². The lowest BCUT2D eigenvalue weighted by Crippen LogP contribution is -2.39. The maximum absolute atomic E-state index is 15.4. The number of piperidine rings is 1. The largest absolute Gasteiger partial charge is 0.492 e. The molecule has 166 valence electrons. The molecule has 0 radical (unpaired) electrons. The molecule has 32 heavy (non-hydrogen) atoms. The van der Waals surface area contributed by atoms with Crippen LogP contribution in [0.4, 0.5) is 10.1 Å². The van der Waals surface area contributed by atoms with Crippen molar-refractivity contribution in [1.29, 1.82) is 5.26 Å². The minimum atomic E-state index is -0.984. The quantitative estimate of drug-likeness (QED) is 0.750. The van der Waals surface area contributed by atoms with Crippen molar-refractivity contribution in [3.05, 3.63) is 27.7 Å². The Hall–Kier alpha value is -3.06. The fourth-order valence-corrected chi connectivity index (χ4v) is 5.91. The Bertz CT molecular complexity index is 1270. The minimum absolute atomic E-state index is 0.0302. The van der Waals surface area contributed by atoms with E-state index in [4.69, 9.17) is 10.5 Å². The van der Waals surface area contributed by atoms with E-state index in [9.17, 15) is 19.6 Å². The van der Waals surface area contributed by atoms with E-state index in [1.54, 1.807) is 0 Å². The number of amides is 1. The molecular weight excluding hydrogens is 435 g/mol. The van der Waals surface area contributed by atoms with E-state index >= 15 is 4.39 Å². The number of Topliss-reactive ketones (excluding diaryl/α,β-unsaturated/α-hetero) is 1. The molecule has 2 aromatic rings. The number of nitriles is 1. The van der Waals surface area contributed by atoms with Crippen LogP contribution in [0.15, 0.2) is 15.9 Å². The summed E-state index contributed by atoms with van der Waals surface area (Å²) in [5.74, 6) is -1.52. The maximum Gasteiger partial charge on any atom is 0.220 e. The lowest BCUT2D eigenvalue weighted by molar-refractivity contribution is -0.122. The predicted molar refractivity (Wildman–Crippen MR) is 117 cm³/mol. The molecule has 0 spiro atoms. The van der Waals surface area contributed by atoms with Gasteiger partial charge >= 0.3 is 0 Å². The number of carbonyl (C=O) groups excluding carboxylic acids is 2. The number of benzene rings is 1. The Labute approximate surface area is 187 Å². The van der Waals surface area contributed by atoms with E-state index in [-0.39, 0.29) is 40.3 Å². The molecular formula is C22H21FN4O4S. The van der Waals surface area contributed by atoms with Crippen molar-refractivity contribution < 1.29 is 18.7 Å². The number of halogens is 1. The van der Waals surface area contributed by atoms with Gasteiger partial charge in [-0.3, -0.25) is 14.4 Å². The summed E-state index contributed by atoms with van der Waals surface area (Å²) >= 11 is 1.07. The zero-order valence-corrected chi connectivity index (χ0v) is 18.2. The van der Waals surface area contributed by atoms with Gasteiger partial charge in [-0.05, 0) is 31.7 Å². The van der Waals surface area contributed by atoms with E-state index in [0.717, 1.165) is 24.6 Å². The number of ether oxygens (including phenoxy) is 1. The molecule has 0 bridgehead atoms. The van der Waals surface area contributed by atoms with Crippen molar-refractivity contribution in [3.8, 4) is 11.8 Å². The SMILES string of the molecule is COc1c(N2CCC(C(N)=O)CC2)c(F)cc2c(=O)c3c(n(C4CC4)c12)SC(C#N)C3=O. The summed E-state index contributed by atoms with van der Waals surface area (Å²) in [4.78, 5) is 39.3. The number of primary amides is 1. The second-order valence-corrected chi connectivity index (χ2v) is 9.50. The average Bonchev–Trinajstić information content (AvgIpc) is 3.56. The molecule has 1 saturated carbocycles. The normalized spacial score (nSPS) is 21.0. The third-order valence-corrected chi connectivity index (χ3v) is 7.67. The molecule has 5 rings (SSSR count).